The molecule has 28 heavy (non-hydrogen) atoms. The maximum Gasteiger partial charge on any atom is 0.336 e. The predicted molar refractivity (Wildman–Crippen MR) is 107 cm³/mol. The highest BCUT2D eigenvalue weighted by atomic mass is 35.5. The highest BCUT2D eigenvalue weighted by molar-refractivity contribution is 6.42. The molecule has 3 N–H and O–H groups in total. The first-order valence-corrected chi connectivity index (χ1v) is 9.60. The first kappa shape index (κ1) is 20.6. The lowest BCUT2D eigenvalue weighted by Crippen LogP contribution is -2.37. The van der Waals surface area contributed by atoms with Gasteiger partial charge in [0.2, 0.25) is 0 Å². The van der Waals surface area contributed by atoms with Gasteiger partial charge in [0, 0.05) is 25.6 Å². The SMILES string of the molecule is O=C(O)c1ccccc1C(=O)NC[C@@H]1CNCCO[C@H]1c1ccc(Cl)c(Cl)c1. The lowest BCUT2D eigenvalue weighted by Gasteiger charge is -2.26. The number of aromatic carboxylic acids is 1. The highest BCUT2D eigenvalue weighted by Gasteiger charge is 2.27. The van der Waals surface area contributed by atoms with Crippen LogP contribution in [0.5, 0.6) is 0 Å². The summed E-state index contributed by atoms with van der Waals surface area (Å²) >= 11 is 12.2. The van der Waals surface area contributed by atoms with E-state index in [1.54, 1.807) is 24.3 Å². The molecule has 148 valence electrons. The Morgan fingerprint density at radius 3 is 2.61 bits per heavy atom. The van der Waals surface area contributed by atoms with Gasteiger partial charge in [0.25, 0.3) is 5.91 Å². The zero-order valence-electron chi connectivity index (χ0n) is 15.0. The molecular formula is C20H20Cl2N2O4. The third kappa shape index (κ3) is 4.83. The summed E-state index contributed by atoms with van der Waals surface area (Å²) in [6.45, 7) is 2.16. The Labute approximate surface area is 172 Å². The summed E-state index contributed by atoms with van der Waals surface area (Å²) in [6.07, 6.45) is -0.278. The molecule has 0 bridgehead atoms. The van der Waals surface area contributed by atoms with Crippen LogP contribution in [0.25, 0.3) is 0 Å². The number of hydrogen-bond acceptors (Lipinski definition) is 4. The van der Waals surface area contributed by atoms with Crippen molar-refractivity contribution in [3.63, 3.8) is 0 Å². The molecule has 0 spiro atoms. The van der Waals surface area contributed by atoms with Crippen LogP contribution in [0.15, 0.2) is 42.5 Å². The smallest absolute Gasteiger partial charge is 0.336 e. The van der Waals surface area contributed by atoms with Gasteiger partial charge in [0.15, 0.2) is 0 Å². The topological polar surface area (TPSA) is 87.7 Å². The maximum atomic E-state index is 12.6. The Morgan fingerprint density at radius 2 is 1.89 bits per heavy atom. The fraction of sp³-hybridized carbons (Fsp3) is 0.300. The van der Waals surface area contributed by atoms with Crippen molar-refractivity contribution in [2.45, 2.75) is 6.10 Å². The molecule has 2 atom stereocenters. The Bertz CT molecular complexity index is 875. The van der Waals surface area contributed by atoms with E-state index in [0.717, 1.165) is 5.56 Å². The van der Waals surface area contributed by atoms with E-state index < -0.39 is 11.9 Å². The van der Waals surface area contributed by atoms with Crippen molar-refractivity contribution in [3.8, 4) is 0 Å². The van der Waals surface area contributed by atoms with Crippen molar-refractivity contribution in [1.29, 1.82) is 0 Å². The van der Waals surface area contributed by atoms with Crippen LogP contribution in [0.2, 0.25) is 10.0 Å². The number of amides is 1. The molecule has 1 saturated heterocycles. The number of carboxylic acids is 1. The molecule has 2 aromatic carbocycles. The second-order valence-electron chi connectivity index (χ2n) is 6.49. The van der Waals surface area contributed by atoms with E-state index in [-0.39, 0.29) is 23.1 Å². The van der Waals surface area contributed by atoms with Crippen molar-refractivity contribution < 1.29 is 19.4 Å². The molecule has 0 unspecified atom stereocenters. The number of ether oxygens (including phenoxy) is 1. The first-order valence-electron chi connectivity index (χ1n) is 8.85. The monoisotopic (exact) mass is 422 g/mol. The van der Waals surface area contributed by atoms with E-state index in [1.165, 1.54) is 12.1 Å². The molecule has 0 saturated carbocycles. The molecule has 1 amide bonds. The van der Waals surface area contributed by atoms with Gasteiger partial charge < -0.3 is 20.5 Å². The number of nitrogens with one attached hydrogen (secondary N) is 2. The fourth-order valence-corrected chi connectivity index (χ4v) is 3.52. The highest BCUT2D eigenvalue weighted by Crippen LogP contribution is 2.32. The van der Waals surface area contributed by atoms with Gasteiger partial charge in [-0.05, 0) is 29.8 Å². The van der Waals surface area contributed by atoms with Gasteiger partial charge in [0.1, 0.15) is 0 Å². The first-order chi connectivity index (χ1) is 13.5. The van der Waals surface area contributed by atoms with Crippen molar-refractivity contribution in [3.05, 3.63) is 69.2 Å². The number of carbonyl (C=O) groups excluding carboxylic acids is 1. The van der Waals surface area contributed by atoms with Crippen LogP contribution in [0.4, 0.5) is 0 Å². The van der Waals surface area contributed by atoms with E-state index >= 15 is 0 Å². The summed E-state index contributed by atoms with van der Waals surface area (Å²) < 4.78 is 5.99. The van der Waals surface area contributed by atoms with Crippen LogP contribution < -0.4 is 10.6 Å². The summed E-state index contributed by atoms with van der Waals surface area (Å²) in [4.78, 5) is 23.9. The molecule has 3 rings (SSSR count). The Morgan fingerprint density at radius 1 is 1.14 bits per heavy atom. The number of halogens is 2. The van der Waals surface area contributed by atoms with Crippen LogP contribution in [0.3, 0.4) is 0 Å². The van der Waals surface area contributed by atoms with Gasteiger partial charge in [-0.25, -0.2) is 4.79 Å². The Kier molecular flexibility index (Phi) is 6.91. The van der Waals surface area contributed by atoms with Crippen LogP contribution in [-0.2, 0) is 4.74 Å². The maximum absolute atomic E-state index is 12.6. The van der Waals surface area contributed by atoms with Crippen LogP contribution >= 0.6 is 23.2 Å². The summed E-state index contributed by atoms with van der Waals surface area (Å²) in [5.74, 6) is -1.64. The number of carboxylic acid groups (broad SMARTS) is 1. The third-order valence-corrected chi connectivity index (χ3v) is 5.35. The molecule has 2 aromatic rings. The number of carbonyl (C=O) groups is 2. The van der Waals surface area contributed by atoms with Crippen molar-refractivity contribution >= 4 is 35.1 Å². The third-order valence-electron chi connectivity index (χ3n) is 4.61. The van der Waals surface area contributed by atoms with Crippen LogP contribution in [0.1, 0.15) is 32.4 Å². The molecule has 1 aliphatic rings. The van der Waals surface area contributed by atoms with Crippen molar-refractivity contribution in [1.82, 2.24) is 10.6 Å². The minimum Gasteiger partial charge on any atom is -0.478 e. The number of benzene rings is 2. The lowest BCUT2D eigenvalue weighted by molar-refractivity contribution is 0.0305. The minimum absolute atomic E-state index is 0.0312. The minimum atomic E-state index is -1.14. The van der Waals surface area contributed by atoms with E-state index in [0.29, 0.717) is 36.3 Å². The number of rotatable bonds is 5. The van der Waals surface area contributed by atoms with Crippen molar-refractivity contribution in [2.24, 2.45) is 5.92 Å². The van der Waals surface area contributed by atoms with Gasteiger partial charge >= 0.3 is 5.97 Å². The van der Waals surface area contributed by atoms with Crippen LogP contribution in [0, 0.1) is 5.92 Å². The zero-order chi connectivity index (χ0) is 20.1. The lowest BCUT2D eigenvalue weighted by atomic mass is 9.95. The largest absolute Gasteiger partial charge is 0.478 e. The predicted octanol–water partition coefficient (Wildman–Crippen LogP) is 3.40. The standard InChI is InChI=1S/C20H20Cl2N2O4/c21-16-6-5-12(9-17(16)22)18-13(10-23-7-8-28-18)11-24-19(25)14-3-1-2-4-15(14)20(26)27/h1-6,9,13,18,23H,7-8,10-11H2,(H,24,25)(H,26,27)/t13-,18-/m0/s1. The summed E-state index contributed by atoms with van der Waals surface area (Å²) in [5.41, 5.74) is 0.975. The molecule has 0 radical (unpaired) electrons. The summed E-state index contributed by atoms with van der Waals surface area (Å²) in [5, 5.41) is 16.3. The molecule has 6 nitrogen and oxygen atoms in total. The van der Waals surface area contributed by atoms with Gasteiger partial charge in [-0.1, -0.05) is 41.4 Å². The summed E-state index contributed by atoms with van der Waals surface area (Å²) in [6, 6.07) is 11.5. The molecule has 1 aliphatic heterocycles. The average molecular weight is 423 g/mol. The Balaban J connectivity index is 1.76. The molecule has 1 heterocycles. The second-order valence-corrected chi connectivity index (χ2v) is 7.30. The fourth-order valence-electron chi connectivity index (χ4n) is 3.21. The molecule has 0 aliphatic carbocycles. The molecular weight excluding hydrogens is 403 g/mol. The van der Waals surface area contributed by atoms with Gasteiger partial charge in [-0.15, -0.1) is 0 Å². The number of hydrogen-bond donors (Lipinski definition) is 3. The van der Waals surface area contributed by atoms with Gasteiger partial charge in [-0.2, -0.15) is 0 Å². The Hall–Kier alpha value is -2.12. The summed E-state index contributed by atoms with van der Waals surface area (Å²) in [7, 11) is 0. The van der Waals surface area contributed by atoms with E-state index in [2.05, 4.69) is 10.6 Å². The zero-order valence-corrected chi connectivity index (χ0v) is 16.5. The second kappa shape index (κ2) is 9.39. The van der Waals surface area contributed by atoms with E-state index in [9.17, 15) is 14.7 Å². The quantitative estimate of drug-likeness (QED) is 0.686. The molecule has 1 fully saturated rings. The average Bonchev–Trinajstić information content (AvgIpc) is 2.93. The van der Waals surface area contributed by atoms with Gasteiger partial charge in [0.05, 0.1) is 33.9 Å². The van der Waals surface area contributed by atoms with Crippen molar-refractivity contribution in [2.75, 3.05) is 26.2 Å². The van der Waals surface area contributed by atoms with Gasteiger partial charge in [-0.3, -0.25) is 4.79 Å². The van der Waals surface area contributed by atoms with E-state index in [4.69, 9.17) is 27.9 Å². The normalized spacial score (nSPS) is 19.6. The van der Waals surface area contributed by atoms with E-state index in [1.807, 2.05) is 6.07 Å². The molecule has 0 aromatic heterocycles. The molecule has 8 heteroatoms. The van der Waals surface area contributed by atoms with Crippen LogP contribution in [-0.4, -0.2) is 43.2 Å².